The zero-order chi connectivity index (χ0) is 16.1. The molecular formula is C23H16O. The van der Waals surface area contributed by atoms with Crippen LogP contribution in [0.1, 0.15) is 0 Å². The Morgan fingerprint density at radius 3 is 1.88 bits per heavy atom. The van der Waals surface area contributed by atoms with Crippen molar-refractivity contribution in [3.05, 3.63) is 78.9 Å². The maximum atomic E-state index is 5.36. The molecule has 0 radical (unpaired) electrons. The minimum absolute atomic E-state index is 0.896. The zero-order valence-electron chi connectivity index (χ0n) is 13.4. The molecule has 5 rings (SSSR count). The van der Waals surface area contributed by atoms with Gasteiger partial charge in [-0.2, -0.15) is 0 Å². The van der Waals surface area contributed by atoms with Crippen LogP contribution < -0.4 is 4.74 Å². The molecule has 0 saturated carbocycles. The van der Waals surface area contributed by atoms with Gasteiger partial charge in [0.05, 0.1) is 7.11 Å². The lowest BCUT2D eigenvalue weighted by Crippen LogP contribution is -1.84. The molecule has 5 aromatic carbocycles. The van der Waals surface area contributed by atoms with Gasteiger partial charge in [-0.1, -0.05) is 54.6 Å². The molecule has 0 amide bonds. The Morgan fingerprint density at radius 2 is 1.12 bits per heavy atom. The van der Waals surface area contributed by atoms with E-state index < -0.39 is 0 Å². The third-order valence-electron chi connectivity index (χ3n) is 4.91. The van der Waals surface area contributed by atoms with Gasteiger partial charge in [0.2, 0.25) is 0 Å². The van der Waals surface area contributed by atoms with Gasteiger partial charge < -0.3 is 4.74 Å². The van der Waals surface area contributed by atoms with Crippen molar-refractivity contribution in [3.8, 4) is 5.75 Å². The molecule has 0 heterocycles. The smallest absolute Gasteiger partial charge is 0.119 e. The topological polar surface area (TPSA) is 9.23 Å². The highest BCUT2D eigenvalue weighted by Crippen LogP contribution is 2.34. The van der Waals surface area contributed by atoms with E-state index in [2.05, 4.69) is 72.8 Å². The first-order valence-electron chi connectivity index (χ1n) is 8.15. The third kappa shape index (κ3) is 1.88. The van der Waals surface area contributed by atoms with Crippen LogP contribution in [0.4, 0.5) is 0 Å². The maximum Gasteiger partial charge on any atom is 0.119 e. The van der Waals surface area contributed by atoms with Gasteiger partial charge in [-0.25, -0.2) is 0 Å². The van der Waals surface area contributed by atoms with E-state index in [1.165, 1.54) is 43.1 Å². The normalized spacial score (nSPS) is 11.5. The van der Waals surface area contributed by atoms with E-state index in [9.17, 15) is 0 Å². The van der Waals surface area contributed by atoms with Crippen molar-refractivity contribution in [2.45, 2.75) is 0 Å². The van der Waals surface area contributed by atoms with E-state index in [4.69, 9.17) is 4.74 Å². The Labute approximate surface area is 140 Å². The van der Waals surface area contributed by atoms with Crippen LogP contribution in [0.5, 0.6) is 5.75 Å². The van der Waals surface area contributed by atoms with Crippen molar-refractivity contribution in [2.75, 3.05) is 7.11 Å². The van der Waals surface area contributed by atoms with Crippen LogP contribution in [-0.4, -0.2) is 7.11 Å². The molecule has 114 valence electrons. The van der Waals surface area contributed by atoms with Crippen LogP contribution in [0.2, 0.25) is 0 Å². The SMILES string of the molecule is COc1ccc2c(ccc3cc4ccc5ccccc5c4cc32)c1. The average molecular weight is 308 g/mol. The van der Waals surface area contributed by atoms with Gasteiger partial charge in [-0.3, -0.25) is 0 Å². The van der Waals surface area contributed by atoms with Crippen molar-refractivity contribution in [1.82, 2.24) is 0 Å². The van der Waals surface area contributed by atoms with Crippen LogP contribution in [0.3, 0.4) is 0 Å². The molecule has 5 aromatic rings. The second-order valence-electron chi connectivity index (χ2n) is 6.23. The van der Waals surface area contributed by atoms with Gasteiger partial charge in [0, 0.05) is 0 Å². The lowest BCUT2D eigenvalue weighted by molar-refractivity contribution is 0.415. The van der Waals surface area contributed by atoms with Crippen molar-refractivity contribution >= 4 is 43.1 Å². The predicted molar refractivity (Wildman–Crippen MR) is 103 cm³/mol. The van der Waals surface area contributed by atoms with Crippen molar-refractivity contribution in [1.29, 1.82) is 0 Å². The summed E-state index contributed by atoms with van der Waals surface area (Å²) in [7, 11) is 1.71. The fraction of sp³-hybridized carbons (Fsp3) is 0.0435. The average Bonchev–Trinajstić information content (AvgIpc) is 2.65. The molecule has 1 heteroatoms. The van der Waals surface area contributed by atoms with Gasteiger partial charge in [0.1, 0.15) is 5.75 Å². The Hall–Kier alpha value is -3.06. The van der Waals surface area contributed by atoms with Crippen LogP contribution in [0.15, 0.2) is 78.9 Å². The summed E-state index contributed by atoms with van der Waals surface area (Å²) in [6.07, 6.45) is 0. The first-order valence-corrected chi connectivity index (χ1v) is 8.15. The Balaban J connectivity index is 1.96. The molecule has 0 aliphatic carbocycles. The van der Waals surface area contributed by atoms with Gasteiger partial charge >= 0.3 is 0 Å². The number of methoxy groups -OCH3 is 1. The van der Waals surface area contributed by atoms with E-state index in [1.807, 2.05) is 6.07 Å². The number of rotatable bonds is 1. The molecule has 24 heavy (non-hydrogen) atoms. The van der Waals surface area contributed by atoms with E-state index in [-0.39, 0.29) is 0 Å². The number of hydrogen-bond donors (Lipinski definition) is 0. The van der Waals surface area contributed by atoms with Crippen molar-refractivity contribution in [2.24, 2.45) is 0 Å². The molecule has 0 aliphatic heterocycles. The quantitative estimate of drug-likeness (QED) is 0.260. The molecule has 0 bridgehead atoms. The predicted octanol–water partition coefficient (Wildman–Crippen LogP) is 6.31. The maximum absolute atomic E-state index is 5.36. The highest BCUT2D eigenvalue weighted by Gasteiger charge is 2.06. The Bertz CT molecular complexity index is 1230. The van der Waals surface area contributed by atoms with Gasteiger partial charge in [0.15, 0.2) is 0 Å². The standard InChI is InChI=1S/C23H16O/c1-24-19-10-11-21-18(13-19)9-8-17-12-16-7-6-15-4-2-3-5-20(15)22(16)14-23(17)21/h2-14H,1H3. The van der Waals surface area contributed by atoms with Gasteiger partial charge in [-0.05, 0) is 67.4 Å². The number of hydrogen-bond acceptors (Lipinski definition) is 1. The number of ether oxygens (including phenoxy) is 1. The van der Waals surface area contributed by atoms with Crippen LogP contribution in [0, 0.1) is 0 Å². The first kappa shape index (κ1) is 13.4. The molecule has 0 fully saturated rings. The Morgan fingerprint density at radius 1 is 0.500 bits per heavy atom. The van der Waals surface area contributed by atoms with E-state index in [1.54, 1.807) is 7.11 Å². The summed E-state index contributed by atoms with van der Waals surface area (Å²) in [6, 6.07) is 28.3. The summed E-state index contributed by atoms with van der Waals surface area (Å²) in [6.45, 7) is 0. The summed E-state index contributed by atoms with van der Waals surface area (Å²) in [5.41, 5.74) is 0. The Kier molecular flexibility index (Phi) is 2.77. The van der Waals surface area contributed by atoms with E-state index >= 15 is 0 Å². The second-order valence-corrected chi connectivity index (χ2v) is 6.23. The van der Waals surface area contributed by atoms with Gasteiger partial charge in [0.25, 0.3) is 0 Å². The van der Waals surface area contributed by atoms with E-state index in [0.717, 1.165) is 5.75 Å². The van der Waals surface area contributed by atoms with Crippen molar-refractivity contribution < 1.29 is 4.74 Å². The van der Waals surface area contributed by atoms with Crippen LogP contribution in [-0.2, 0) is 0 Å². The summed E-state index contributed by atoms with van der Waals surface area (Å²) in [4.78, 5) is 0. The zero-order valence-corrected chi connectivity index (χ0v) is 13.4. The number of fused-ring (bicyclic) bond motifs is 6. The molecule has 0 spiro atoms. The molecule has 1 nitrogen and oxygen atoms in total. The molecule has 0 aliphatic rings. The molecule has 0 N–H and O–H groups in total. The summed E-state index contributed by atoms with van der Waals surface area (Å²) in [5.74, 6) is 0.896. The monoisotopic (exact) mass is 308 g/mol. The fourth-order valence-electron chi connectivity index (χ4n) is 3.67. The third-order valence-corrected chi connectivity index (χ3v) is 4.91. The largest absolute Gasteiger partial charge is 0.497 e. The second kappa shape index (κ2) is 4.97. The van der Waals surface area contributed by atoms with Crippen LogP contribution >= 0.6 is 0 Å². The minimum atomic E-state index is 0.896. The van der Waals surface area contributed by atoms with Crippen LogP contribution in [0.25, 0.3) is 43.1 Å². The lowest BCUT2D eigenvalue weighted by atomic mass is 9.95. The number of benzene rings is 5. The van der Waals surface area contributed by atoms with Crippen molar-refractivity contribution in [3.63, 3.8) is 0 Å². The first-order chi connectivity index (χ1) is 11.8. The highest BCUT2D eigenvalue weighted by atomic mass is 16.5. The molecular weight excluding hydrogens is 292 g/mol. The summed E-state index contributed by atoms with van der Waals surface area (Å²) < 4.78 is 5.36. The summed E-state index contributed by atoms with van der Waals surface area (Å²) >= 11 is 0. The molecule has 0 atom stereocenters. The minimum Gasteiger partial charge on any atom is -0.497 e. The lowest BCUT2D eigenvalue weighted by Gasteiger charge is -2.10. The molecule has 0 saturated heterocycles. The molecule has 0 aromatic heterocycles. The van der Waals surface area contributed by atoms with Gasteiger partial charge in [-0.15, -0.1) is 0 Å². The molecule has 0 unspecified atom stereocenters. The van der Waals surface area contributed by atoms with E-state index in [0.29, 0.717) is 0 Å². The highest BCUT2D eigenvalue weighted by molar-refractivity contribution is 6.17. The summed E-state index contributed by atoms with van der Waals surface area (Å²) in [5, 5.41) is 10.2. The fourth-order valence-corrected chi connectivity index (χ4v) is 3.67.